The lowest BCUT2D eigenvalue weighted by Crippen LogP contribution is -2.29. The molecule has 108 valence electrons. The summed E-state index contributed by atoms with van der Waals surface area (Å²) in [5.74, 6) is 0.292. The van der Waals surface area contributed by atoms with E-state index in [1.807, 2.05) is 12.1 Å². The minimum Gasteiger partial charge on any atom is -0.497 e. The van der Waals surface area contributed by atoms with E-state index >= 15 is 0 Å². The first-order chi connectivity index (χ1) is 10.1. The van der Waals surface area contributed by atoms with Crippen molar-refractivity contribution in [2.24, 2.45) is 5.92 Å². The van der Waals surface area contributed by atoms with Gasteiger partial charge in [-0.25, -0.2) is 0 Å². The van der Waals surface area contributed by atoms with E-state index in [-0.39, 0.29) is 11.6 Å². The van der Waals surface area contributed by atoms with Gasteiger partial charge in [-0.1, -0.05) is 6.07 Å². The molecule has 2 aromatic rings. The number of benzene rings is 1. The summed E-state index contributed by atoms with van der Waals surface area (Å²) in [5, 5.41) is 0. The van der Waals surface area contributed by atoms with Crippen LogP contribution < -0.4 is 4.74 Å². The van der Waals surface area contributed by atoms with E-state index in [1.54, 1.807) is 26.2 Å². The van der Waals surface area contributed by atoms with Crippen LogP contribution in [0.1, 0.15) is 38.5 Å². The lowest BCUT2D eigenvalue weighted by molar-refractivity contribution is 0.0789. The highest BCUT2D eigenvalue weighted by Crippen LogP contribution is 2.31. The van der Waals surface area contributed by atoms with Crippen LogP contribution in [0.5, 0.6) is 5.75 Å². The Bertz CT molecular complexity index is 711. The summed E-state index contributed by atoms with van der Waals surface area (Å²) in [5.41, 5.74) is 2.08. The Morgan fingerprint density at radius 1 is 1.33 bits per heavy atom. The molecule has 0 saturated heterocycles. The second-order valence-electron chi connectivity index (χ2n) is 5.23. The van der Waals surface area contributed by atoms with Crippen LogP contribution in [0.25, 0.3) is 0 Å². The predicted molar refractivity (Wildman–Crippen MR) is 76.9 cm³/mol. The summed E-state index contributed by atoms with van der Waals surface area (Å²) in [6.07, 6.45) is 2.74. The molecule has 1 aliphatic carbocycles. The zero-order valence-corrected chi connectivity index (χ0v) is 12.0. The number of methoxy groups -OCH3 is 1. The molecular formula is C17H16O4. The molecule has 0 spiro atoms. The Morgan fingerprint density at radius 2 is 2.14 bits per heavy atom. The number of ether oxygens (including phenoxy) is 1. The Kier molecular flexibility index (Phi) is 3.37. The average molecular weight is 284 g/mol. The zero-order chi connectivity index (χ0) is 15.0. The Labute approximate surface area is 122 Å². The fraction of sp³-hybridized carbons (Fsp3) is 0.294. The molecule has 21 heavy (non-hydrogen) atoms. The van der Waals surface area contributed by atoms with Crippen molar-refractivity contribution in [1.29, 1.82) is 0 Å². The topological polar surface area (TPSA) is 56.5 Å². The first-order valence-electron chi connectivity index (χ1n) is 6.91. The van der Waals surface area contributed by atoms with Gasteiger partial charge in [0.25, 0.3) is 0 Å². The number of aryl methyl sites for hydroxylation is 2. The van der Waals surface area contributed by atoms with Crippen LogP contribution in [0.2, 0.25) is 0 Å². The van der Waals surface area contributed by atoms with Gasteiger partial charge in [0.1, 0.15) is 11.5 Å². The van der Waals surface area contributed by atoms with Gasteiger partial charge in [0.05, 0.1) is 24.9 Å². The minimum atomic E-state index is -0.624. The Balaban J connectivity index is 1.95. The molecule has 0 N–H and O–H groups in total. The first kappa shape index (κ1) is 13.6. The molecule has 1 atom stereocenters. The maximum atomic E-state index is 12.6. The number of rotatable bonds is 3. The number of fused-ring (bicyclic) bond motifs is 1. The van der Waals surface area contributed by atoms with Crippen LogP contribution in [0, 0.1) is 12.8 Å². The standard InChI is InChI=1S/C17H16O4/c1-10-13(7-8-21-10)16(18)14-6-4-11-3-5-12(20-2)9-15(11)17(14)19/h3,5,7-9,14H,4,6H2,1-2H3. The highest BCUT2D eigenvalue weighted by Gasteiger charge is 2.34. The summed E-state index contributed by atoms with van der Waals surface area (Å²) in [6.45, 7) is 1.73. The van der Waals surface area contributed by atoms with E-state index in [9.17, 15) is 9.59 Å². The molecule has 1 aromatic heterocycles. The third-order valence-electron chi connectivity index (χ3n) is 4.04. The van der Waals surface area contributed by atoms with Crippen LogP contribution in [-0.2, 0) is 6.42 Å². The monoisotopic (exact) mass is 284 g/mol. The number of carbonyl (C=O) groups excluding carboxylic acids is 2. The smallest absolute Gasteiger partial charge is 0.177 e. The molecule has 1 unspecified atom stereocenters. The molecule has 0 bridgehead atoms. The van der Waals surface area contributed by atoms with Gasteiger partial charge in [0.15, 0.2) is 11.6 Å². The molecule has 3 rings (SSSR count). The van der Waals surface area contributed by atoms with E-state index in [0.29, 0.717) is 29.1 Å². The number of furan rings is 1. The minimum absolute atomic E-state index is 0.124. The largest absolute Gasteiger partial charge is 0.497 e. The van der Waals surface area contributed by atoms with Gasteiger partial charge < -0.3 is 9.15 Å². The third kappa shape index (κ3) is 2.27. The summed E-state index contributed by atoms with van der Waals surface area (Å²) in [6, 6.07) is 7.09. The lowest BCUT2D eigenvalue weighted by atomic mass is 9.79. The highest BCUT2D eigenvalue weighted by molar-refractivity contribution is 6.17. The van der Waals surface area contributed by atoms with E-state index in [4.69, 9.17) is 9.15 Å². The van der Waals surface area contributed by atoms with Crippen LogP contribution in [0.4, 0.5) is 0 Å². The second-order valence-corrected chi connectivity index (χ2v) is 5.23. The van der Waals surface area contributed by atoms with Crippen LogP contribution in [-0.4, -0.2) is 18.7 Å². The van der Waals surface area contributed by atoms with Crippen molar-refractivity contribution in [3.63, 3.8) is 0 Å². The normalized spacial score (nSPS) is 17.4. The Hall–Kier alpha value is -2.36. The number of Topliss-reactive ketones (excluding diaryl/α,β-unsaturated/α-hetero) is 2. The molecule has 0 aliphatic heterocycles. The van der Waals surface area contributed by atoms with E-state index in [0.717, 1.165) is 12.0 Å². The van der Waals surface area contributed by atoms with Gasteiger partial charge in [0.2, 0.25) is 0 Å². The molecule has 0 radical (unpaired) electrons. The Morgan fingerprint density at radius 3 is 2.81 bits per heavy atom. The third-order valence-corrected chi connectivity index (χ3v) is 4.04. The van der Waals surface area contributed by atoms with Crippen molar-refractivity contribution in [3.8, 4) is 5.75 Å². The quantitative estimate of drug-likeness (QED) is 0.641. The van der Waals surface area contributed by atoms with Crippen molar-refractivity contribution in [2.45, 2.75) is 19.8 Å². The maximum absolute atomic E-state index is 12.6. The van der Waals surface area contributed by atoms with Gasteiger partial charge in [-0.3, -0.25) is 9.59 Å². The molecule has 1 aliphatic rings. The zero-order valence-electron chi connectivity index (χ0n) is 12.0. The molecule has 4 heteroatoms. The number of hydrogen-bond acceptors (Lipinski definition) is 4. The van der Waals surface area contributed by atoms with Crippen molar-refractivity contribution in [3.05, 3.63) is 53.0 Å². The summed E-state index contributed by atoms with van der Waals surface area (Å²) in [7, 11) is 1.56. The van der Waals surface area contributed by atoms with Gasteiger partial charge in [-0.05, 0) is 43.5 Å². The second kappa shape index (κ2) is 5.20. The fourth-order valence-electron chi connectivity index (χ4n) is 2.83. The van der Waals surface area contributed by atoms with E-state index < -0.39 is 5.92 Å². The molecule has 1 aromatic carbocycles. The van der Waals surface area contributed by atoms with Crippen molar-refractivity contribution >= 4 is 11.6 Å². The first-order valence-corrected chi connectivity index (χ1v) is 6.91. The van der Waals surface area contributed by atoms with Crippen LogP contribution in [0.3, 0.4) is 0 Å². The molecule has 0 amide bonds. The van der Waals surface area contributed by atoms with Gasteiger partial charge in [-0.15, -0.1) is 0 Å². The molecular weight excluding hydrogens is 268 g/mol. The summed E-state index contributed by atoms with van der Waals surface area (Å²) >= 11 is 0. The van der Waals surface area contributed by atoms with Gasteiger partial charge >= 0.3 is 0 Å². The lowest BCUT2D eigenvalue weighted by Gasteiger charge is -2.22. The summed E-state index contributed by atoms with van der Waals surface area (Å²) in [4.78, 5) is 25.2. The maximum Gasteiger partial charge on any atom is 0.177 e. The van der Waals surface area contributed by atoms with Gasteiger partial charge in [0, 0.05) is 5.56 Å². The number of carbonyl (C=O) groups is 2. The van der Waals surface area contributed by atoms with E-state index in [2.05, 4.69) is 0 Å². The average Bonchev–Trinajstić information content (AvgIpc) is 2.93. The predicted octanol–water partition coefficient (Wildman–Crippen LogP) is 3.22. The van der Waals surface area contributed by atoms with Crippen molar-refractivity contribution in [1.82, 2.24) is 0 Å². The highest BCUT2D eigenvalue weighted by atomic mass is 16.5. The van der Waals surface area contributed by atoms with Gasteiger partial charge in [-0.2, -0.15) is 0 Å². The SMILES string of the molecule is COc1ccc2c(c1)C(=O)C(C(=O)c1ccoc1C)CC2. The molecule has 0 saturated carbocycles. The summed E-state index contributed by atoms with van der Waals surface area (Å²) < 4.78 is 10.3. The van der Waals surface area contributed by atoms with Crippen molar-refractivity contribution in [2.75, 3.05) is 7.11 Å². The van der Waals surface area contributed by atoms with Crippen molar-refractivity contribution < 1.29 is 18.7 Å². The molecule has 4 nitrogen and oxygen atoms in total. The number of hydrogen-bond donors (Lipinski definition) is 0. The fourth-order valence-corrected chi connectivity index (χ4v) is 2.83. The van der Waals surface area contributed by atoms with Crippen LogP contribution >= 0.6 is 0 Å². The molecule has 0 fully saturated rings. The van der Waals surface area contributed by atoms with E-state index in [1.165, 1.54) is 6.26 Å². The van der Waals surface area contributed by atoms with Crippen LogP contribution in [0.15, 0.2) is 34.9 Å². The number of ketones is 2. The molecule has 1 heterocycles.